The largest absolute Gasteiger partial charge is 0.359 e. The lowest BCUT2D eigenvalue weighted by Crippen LogP contribution is -2.37. The number of guanidine groups is 1. The summed E-state index contributed by atoms with van der Waals surface area (Å²) in [4.78, 5) is 6.60. The molecule has 0 aliphatic carbocycles. The van der Waals surface area contributed by atoms with Crippen LogP contribution in [0.25, 0.3) is 0 Å². The van der Waals surface area contributed by atoms with Gasteiger partial charge in [-0.25, -0.2) is 0 Å². The van der Waals surface area contributed by atoms with E-state index in [2.05, 4.69) is 46.4 Å². The van der Waals surface area contributed by atoms with E-state index in [9.17, 15) is 0 Å². The Bertz CT molecular complexity index is 417. The Morgan fingerprint density at radius 1 is 1.39 bits per heavy atom. The highest BCUT2D eigenvalue weighted by atomic mass is 127. The molecule has 18 heavy (non-hydrogen) atoms. The molecule has 2 rings (SSSR count). The maximum atomic E-state index is 4.27. The monoisotopic (exact) mass is 359 g/mol. The predicted octanol–water partition coefficient (Wildman–Crippen LogP) is 2.61. The average molecular weight is 359 g/mol. The van der Waals surface area contributed by atoms with E-state index in [-0.39, 0.29) is 24.0 Å². The van der Waals surface area contributed by atoms with Crippen molar-refractivity contribution in [2.24, 2.45) is 4.99 Å². The Labute approximate surface area is 127 Å². The van der Waals surface area contributed by atoms with Gasteiger partial charge < -0.3 is 10.2 Å². The number of halogens is 1. The van der Waals surface area contributed by atoms with Crippen LogP contribution in [0.3, 0.4) is 0 Å². The fourth-order valence-corrected chi connectivity index (χ4v) is 2.66. The lowest BCUT2D eigenvalue weighted by molar-refractivity contribution is 0.492. The zero-order valence-electron chi connectivity index (χ0n) is 11.3. The minimum Gasteiger partial charge on any atom is -0.359 e. The summed E-state index contributed by atoms with van der Waals surface area (Å²) < 4.78 is 0. The standard InChI is InChI=1S/C14H21N3.HI/c1-11-6-4-5-7-13(11)12-8-9-17(10-12)14(15-2)16-3;/h4-7,12H,8-10H2,1-3H3,(H,15,16);1H. The molecule has 1 unspecified atom stereocenters. The molecule has 1 aromatic carbocycles. The zero-order valence-corrected chi connectivity index (χ0v) is 13.6. The third-order valence-corrected chi connectivity index (χ3v) is 3.55. The third-order valence-electron chi connectivity index (χ3n) is 3.55. The second-order valence-electron chi connectivity index (χ2n) is 4.59. The molecule has 100 valence electrons. The van der Waals surface area contributed by atoms with Gasteiger partial charge in [-0.2, -0.15) is 0 Å². The van der Waals surface area contributed by atoms with Crippen LogP contribution in [0.5, 0.6) is 0 Å². The van der Waals surface area contributed by atoms with Crippen molar-refractivity contribution in [2.75, 3.05) is 27.2 Å². The number of aryl methyl sites for hydroxylation is 1. The number of rotatable bonds is 1. The minimum atomic E-state index is 0. The molecule has 4 heteroatoms. The lowest BCUT2D eigenvalue weighted by Gasteiger charge is -2.20. The third kappa shape index (κ3) is 3.16. The summed E-state index contributed by atoms with van der Waals surface area (Å²) >= 11 is 0. The number of benzene rings is 1. The summed E-state index contributed by atoms with van der Waals surface area (Å²) in [5.74, 6) is 1.64. The van der Waals surface area contributed by atoms with Crippen molar-refractivity contribution in [1.82, 2.24) is 10.2 Å². The van der Waals surface area contributed by atoms with Crippen LogP contribution in [0.15, 0.2) is 29.3 Å². The van der Waals surface area contributed by atoms with Gasteiger partial charge >= 0.3 is 0 Å². The van der Waals surface area contributed by atoms with E-state index in [1.807, 2.05) is 14.1 Å². The first-order valence-corrected chi connectivity index (χ1v) is 6.21. The molecule has 1 N–H and O–H groups in total. The molecule has 1 fully saturated rings. The van der Waals surface area contributed by atoms with Crippen molar-refractivity contribution in [2.45, 2.75) is 19.3 Å². The van der Waals surface area contributed by atoms with Gasteiger partial charge in [0.25, 0.3) is 0 Å². The summed E-state index contributed by atoms with van der Waals surface area (Å²) in [6.07, 6.45) is 1.21. The zero-order chi connectivity index (χ0) is 12.3. The van der Waals surface area contributed by atoms with Crippen molar-refractivity contribution in [3.8, 4) is 0 Å². The van der Waals surface area contributed by atoms with E-state index in [1.54, 1.807) is 0 Å². The van der Waals surface area contributed by atoms with Gasteiger partial charge in [0, 0.05) is 33.1 Å². The van der Waals surface area contributed by atoms with Crippen molar-refractivity contribution >= 4 is 29.9 Å². The van der Waals surface area contributed by atoms with Crippen LogP contribution >= 0.6 is 24.0 Å². The first-order chi connectivity index (χ1) is 8.26. The minimum absolute atomic E-state index is 0. The molecule has 1 aromatic rings. The van der Waals surface area contributed by atoms with Crippen molar-refractivity contribution in [3.63, 3.8) is 0 Å². The fourth-order valence-electron chi connectivity index (χ4n) is 2.66. The first kappa shape index (κ1) is 15.3. The van der Waals surface area contributed by atoms with Gasteiger partial charge in [-0.1, -0.05) is 24.3 Å². The number of likely N-dealkylation sites (tertiary alicyclic amines) is 1. The van der Waals surface area contributed by atoms with E-state index < -0.39 is 0 Å². The van der Waals surface area contributed by atoms with Crippen LogP contribution in [0.1, 0.15) is 23.5 Å². The van der Waals surface area contributed by atoms with Gasteiger partial charge in [0.15, 0.2) is 5.96 Å². The highest BCUT2D eigenvalue weighted by molar-refractivity contribution is 14.0. The van der Waals surface area contributed by atoms with E-state index in [1.165, 1.54) is 17.5 Å². The second kappa shape index (κ2) is 6.97. The van der Waals surface area contributed by atoms with Crippen molar-refractivity contribution in [3.05, 3.63) is 35.4 Å². The molecule has 0 aromatic heterocycles. The highest BCUT2D eigenvalue weighted by Gasteiger charge is 2.26. The number of hydrogen-bond donors (Lipinski definition) is 1. The van der Waals surface area contributed by atoms with Crippen LogP contribution in [-0.4, -0.2) is 38.0 Å². The molecular weight excluding hydrogens is 337 g/mol. The molecule has 3 nitrogen and oxygen atoms in total. The lowest BCUT2D eigenvalue weighted by atomic mass is 9.94. The Morgan fingerprint density at radius 3 is 2.72 bits per heavy atom. The molecule has 0 saturated carbocycles. The van der Waals surface area contributed by atoms with E-state index >= 15 is 0 Å². The van der Waals surface area contributed by atoms with E-state index in [0.717, 1.165) is 19.0 Å². The quantitative estimate of drug-likeness (QED) is 0.474. The maximum absolute atomic E-state index is 4.27. The number of aliphatic imine (C=N–C) groups is 1. The van der Waals surface area contributed by atoms with Gasteiger partial charge in [-0.15, -0.1) is 24.0 Å². The molecule has 0 amide bonds. The molecule has 1 aliphatic rings. The second-order valence-corrected chi connectivity index (χ2v) is 4.59. The molecule has 0 radical (unpaired) electrons. The van der Waals surface area contributed by atoms with Gasteiger partial charge in [-0.05, 0) is 24.5 Å². The van der Waals surface area contributed by atoms with Gasteiger partial charge in [-0.3, -0.25) is 4.99 Å². The summed E-state index contributed by atoms with van der Waals surface area (Å²) in [6.45, 7) is 4.36. The SMILES string of the molecule is CN=C(NC)N1CCC(c2ccccc2C)C1.I. The summed E-state index contributed by atoms with van der Waals surface area (Å²) in [7, 11) is 3.77. The van der Waals surface area contributed by atoms with Crippen LogP contribution in [0.2, 0.25) is 0 Å². The van der Waals surface area contributed by atoms with Crippen LogP contribution in [0.4, 0.5) is 0 Å². The number of nitrogens with zero attached hydrogens (tertiary/aromatic N) is 2. The average Bonchev–Trinajstić information content (AvgIpc) is 2.81. The molecule has 0 bridgehead atoms. The predicted molar refractivity (Wildman–Crippen MR) is 87.9 cm³/mol. The van der Waals surface area contributed by atoms with Crippen molar-refractivity contribution in [1.29, 1.82) is 0 Å². The van der Waals surface area contributed by atoms with E-state index in [0.29, 0.717) is 5.92 Å². The van der Waals surface area contributed by atoms with Gasteiger partial charge in [0.2, 0.25) is 0 Å². The van der Waals surface area contributed by atoms with Crippen molar-refractivity contribution < 1.29 is 0 Å². The molecular formula is C14H22IN3. The normalized spacial score (nSPS) is 19.6. The van der Waals surface area contributed by atoms with Crippen LogP contribution in [0, 0.1) is 6.92 Å². The molecule has 1 aliphatic heterocycles. The smallest absolute Gasteiger partial charge is 0.193 e. The molecule has 1 atom stereocenters. The number of hydrogen-bond acceptors (Lipinski definition) is 1. The summed E-state index contributed by atoms with van der Waals surface area (Å²) in [6, 6.07) is 8.70. The molecule has 1 heterocycles. The van der Waals surface area contributed by atoms with Gasteiger partial charge in [0.1, 0.15) is 0 Å². The van der Waals surface area contributed by atoms with Gasteiger partial charge in [0.05, 0.1) is 0 Å². The fraction of sp³-hybridized carbons (Fsp3) is 0.500. The Hall–Kier alpha value is -0.780. The first-order valence-electron chi connectivity index (χ1n) is 6.21. The molecule has 0 spiro atoms. The highest BCUT2D eigenvalue weighted by Crippen LogP contribution is 2.29. The Balaban J connectivity index is 0.00000162. The Morgan fingerprint density at radius 2 is 2.11 bits per heavy atom. The number of nitrogens with one attached hydrogen (secondary N) is 1. The van der Waals surface area contributed by atoms with Crippen LogP contribution in [-0.2, 0) is 0 Å². The topological polar surface area (TPSA) is 27.6 Å². The van der Waals surface area contributed by atoms with E-state index in [4.69, 9.17) is 0 Å². The Kier molecular flexibility index (Phi) is 5.91. The van der Waals surface area contributed by atoms with Crippen LogP contribution < -0.4 is 5.32 Å². The summed E-state index contributed by atoms with van der Waals surface area (Å²) in [5, 5.41) is 3.16. The molecule has 1 saturated heterocycles. The summed E-state index contributed by atoms with van der Waals surface area (Å²) in [5.41, 5.74) is 2.89. The maximum Gasteiger partial charge on any atom is 0.193 e.